The highest BCUT2D eigenvalue weighted by molar-refractivity contribution is 7.91. The van der Waals surface area contributed by atoms with Crippen LogP contribution in [0.25, 0.3) is 0 Å². The second kappa shape index (κ2) is 6.04. The molecular weight excluding hydrogens is 296 g/mol. The third-order valence-corrected chi connectivity index (χ3v) is 6.15. The monoisotopic (exact) mass is 314 g/mol. The SMILES string of the molecule is Cc1cc(S(=O)(=O)NC(C)Cn2cccn2)sc1CN. The molecule has 0 amide bonds. The lowest BCUT2D eigenvalue weighted by molar-refractivity contribution is 0.494. The lowest BCUT2D eigenvalue weighted by Gasteiger charge is -2.13. The van der Waals surface area contributed by atoms with Gasteiger partial charge in [-0.3, -0.25) is 4.68 Å². The summed E-state index contributed by atoms with van der Waals surface area (Å²) >= 11 is 1.22. The number of rotatable bonds is 6. The van der Waals surface area contributed by atoms with E-state index in [-0.39, 0.29) is 6.04 Å². The van der Waals surface area contributed by atoms with Crippen molar-refractivity contribution in [1.82, 2.24) is 14.5 Å². The molecule has 0 aliphatic rings. The first-order chi connectivity index (χ1) is 9.42. The molecule has 2 aromatic heterocycles. The molecule has 3 N–H and O–H groups in total. The molecule has 0 aliphatic heterocycles. The molecule has 0 fully saturated rings. The standard InChI is InChI=1S/C12H18N4O2S2/c1-9-6-12(19-11(9)7-13)20(17,18)15-10(2)8-16-5-3-4-14-16/h3-6,10,15H,7-8,13H2,1-2H3. The Bertz CT molecular complexity index is 662. The van der Waals surface area contributed by atoms with Crippen LogP contribution in [-0.4, -0.2) is 24.2 Å². The summed E-state index contributed by atoms with van der Waals surface area (Å²) in [5.41, 5.74) is 6.50. The van der Waals surface area contributed by atoms with Gasteiger partial charge in [-0.1, -0.05) is 0 Å². The molecule has 2 rings (SSSR count). The van der Waals surface area contributed by atoms with E-state index in [0.29, 0.717) is 17.3 Å². The van der Waals surface area contributed by atoms with E-state index in [1.165, 1.54) is 11.3 Å². The van der Waals surface area contributed by atoms with Gasteiger partial charge in [-0.05, 0) is 31.5 Å². The highest BCUT2D eigenvalue weighted by Crippen LogP contribution is 2.25. The molecule has 0 aromatic carbocycles. The van der Waals surface area contributed by atoms with Gasteiger partial charge in [0.15, 0.2) is 0 Å². The number of aryl methyl sites for hydroxylation is 1. The van der Waals surface area contributed by atoms with Crippen LogP contribution >= 0.6 is 11.3 Å². The van der Waals surface area contributed by atoms with E-state index < -0.39 is 10.0 Å². The summed E-state index contributed by atoms with van der Waals surface area (Å²) in [6, 6.07) is 3.22. The number of nitrogens with zero attached hydrogens (tertiary/aromatic N) is 2. The maximum atomic E-state index is 12.3. The molecule has 2 aromatic rings. The molecule has 110 valence electrons. The van der Waals surface area contributed by atoms with E-state index in [4.69, 9.17) is 5.73 Å². The van der Waals surface area contributed by atoms with Gasteiger partial charge in [-0.2, -0.15) is 5.10 Å². The Balaban J connectivity index is 2.10. The van der Waals surface area contributed by atoms with Crippen LogP contribution in [0.15, 0.2) is 28.7 Å². The zero-order valence-electron chi connectivity index (χ0n) is 11.4. The second-order valence-corrected chi connectivity index (χ2v) is 7.70. The number of nitrogens with one attached hydrogen (secondary N) is 1. The predicted octanol–water partition coefficient (Wildman–Crippen LogP) is 1.08. The smallest absolute Gasteiger partial charge is 0.250 e. The second-order valence-electron chi connectivity index (χ2n) is 4.63. The number of hydrogen-bond donors (Lipinski definition) is 2. The molecule has 8 heteroatoms. The number of thiophene rings is 1. The first-order valence-corrected chi connectivity index (χ1v) is 8.51. The van der Waals surface area contributed by atoms with Crippen molar-refractivity contribution in [1.29, 1.82) is 0 Å². The van der Waals surface area contributed by atoms with Crippen molar-refractivity contribution in [2.75, 3.05) is 0 Å². The van der Waals surface area contributed by atoms with Gasteiger partial charge >= 0.3 is 0 Å². The molecule has 0 aliphatic carbocycles. The fourth-order valence-corrected chi connectivity index (χ4v) is 4.59. The summed E-state index contributed by atoms with van der Waals surface area (Å²) in [6.07, 6.45) is 3.46. The van der Waals surface area contributed by atoms with Crippen LogP contribution < -0.4 is 10.5 Å². The first kappa shape index (κ1) is 15.2. The minimum atomic E-state index is -3.50. The van der Waals surface area contributed by atoms with Gasteiger partial charge in [0, 0.05) is 29.9 Å². The molecular formula is C12H18N4O2S2. The molecule has 0 saturated heterocycles. The fourth-order valence-electron chi connectivity index (χ4n) is 1.87. The Morgan fingerprint density at radius 1 is 1.55 bits per heavy atom. The van der Waals surface area contributed by atoms with E-state index in [0.717, 1.165) is 10.4 Å². The number of sulfonamides is 1. The Labute approximate surface area is 122 Å². The van der Waals surface area contributed by atoms with E-state index in [1.54, 1.807) is 29.2 Å². The molecule has 1 unspecified atom stereocenters. The molecule has 0 radical (unpaired) electrons. The van der Waals surface area contributed by atoms with Gasteiger partial charge in [-0.15, -0.1) is 11.3 Å². The topological polar surface area (TPSA) is 90.0 Å². The van der Waals surface area contributed by atoms with Gasteiger partial charge in [0.1, 0.15) is 4.21 Å². The van der Waals surface area contributed by atoms with Crippen molar-refractivity contribution < 1.29 is 8.42 Å². The van der Waals surface area contributed by atoms with Crippen molar-refractivity contribution in [3.63, 3.8) is 0 Å². The Morgan fingerprint density at radius 3 is 2.85 bits per heavy atom. The number of aromatic nitrogens is 2. The predicted molar refractivity (Wildman–Crippen MR) is 79.0 cm³/mol. The third-order valence-electron chi connectivity index (χ3n) is 2.82. The zero-order chi connectivity index (χ0) is 14.8. The molecule has 1 atom stereocenters. The van der Waals surface area contributed by atoms with E-state index >= 15 is 0 Å². The van der Waals surface area contributed by atoms with Crippen LogP contribution in [0, 0.1) is 6.92 Å². The van der Waals surface area contributed by atoms with Crippen molar-refractivity contribution in [2.45, 2.75) is 37.2 Å². The van der Waals surface area contributed by atoms with Gasteiger partial charge in [0.25, 0.3) is 0 Å². The van der Waals surface area contributed by atoms with Gasteiger partial charge < -0.3 is 5.73 Å². The summed E-state index contributed by atoms with van der Waals surface area (Å²) in [6.45, 7) is 4.52. The van der Waals surface area contributed by atoms with E-state index in [9.17, 15) is 8.42 Å². The third kappa shape index (κ3) is 3.45. The van der Waals surface area contributed by atoms with Crippen molar-refractivity contribution in [3.05, 3.63) is 35.0 Å². The van der Waals surface area contributed by atoms with Gasteiger partial charge in [-0.25, -0.2) is 13.1 Å². The summed E-state index contributed by atoms with van der Waals surface area (Å²) in [7, 11) is -3.50. The summed E-state index contributed by atoms with van der Waals surface area (Å²) in [5, 5.41) is 4.06. The van der Waals surface area contributed by atoms with Crippen LogP contribution in [0.4, 0.5) is 0 Å². The van der Waals surface area contributed by atoms with Crippen LogP contribution in [0.5, 0.6) is 0 Å². The molecule has 0 bridgehead atoms. The highest BCUT2D eigenvalue weighted by Gasteiger charge is 2.21. The zero-order valence-corrected chi connectivity index (χ0v) is 13.0. The molecule has 0 spiro atoms. The summed E-state index contributed by atoms with van der Waals surface area (Å²) in [4.78, 5) is 0.894. The molecule has 0 saturated carbocycles. The number of nitrogens with two attached hydrogens (primary N) is 1. The molecule has 2 heterocycles. The average molecular weight is 314 g/mol. The summed E-state index contributed by atoms with van der Waals surface area (Å²) in [5.74, 6) is 0. The van der Waals surface area contributed by atoms with E-state index in [2.05, 4.69) is 9.82 Å². The normalized spacial score (nSPS) is 13.6. The number of hydrogen-bond acceptors (Lipinski definition) is 5. The van der Waals surface area contributed by atoms with Crippen LogP contribution in [-0.2, 0) is 23.1 Å². The molecule has 20 heavy (non-hydrogen) atoms. The fraction of sp³-hybridized carbons (Fsp3) is 0.417. The lowest BCUT2D eigenvalue weighted by atomic mass is 10.3. The van der Waals surface area contributed by atoms with Crippen LogP contribution in [0.1, 0.15) is 17.4 Å². The van der Waals surface area contributed by atoms with Crippen molar-refractivity contribution in [2.24, 2.45) is 5.73 Å². The highest BCUT2D eigenvalue weighted by atomic mass is 32.2. The maximum absolute atomic E-state index is 12.3. The van der Waals surface area contributed by atoms with Gasteiger partial charge in [0.2, 0.25) is 10.0 Å². The van der Waals surface area contributed by atoms with Crippen LogP contribution in [0.2, 0.25) is 0 Å². The molecule has 6 nitrogen and oxygen atoms in total. The Morgan fingerprint density at radius 2 is 2.30 bits per heavy atom. The average Bonchev–Trinajstić information content (AvgIpc) is 2.97. The Hall–Kier alpha value is -1.22. The largest absolute Gasteiger partial charge is 0.326 e. The van der Waals surface area contributed by atoms with Crippen molar-refractivity contribution in [3.8, 4) is 0 Å². The minimum Gasteiger partial charge on any atom is -0.326 e. The van der Waals surface area contributed by atoms with Gasteiger partial charge in [0.05, 0.1) is 6.54 Å². The first-order valence-electron chi connectivity index (χ1n) is 6.21. The summed E-state index contributed by atoms with van der Waals surface area (Å²) < 4.78 is 29.2. The quantitative estimate of drug-likeness (QED) is 0.835. The van der Waals surface area contributed by atoms with Crippen LogP contribution in [0.3, 0.4) is 0 Å². The Kier molecular flexibility index (Phi) is 4.59. The maximum Gasteiger partial charge on any atom is 0.250 e. The van der Waals surface area contributed by atoms with E-state index in [1.807, 2.05) is 13.8 Å². The lowest BCUT2D eigenvalue weighted by Crippen LogP contribution is -2.35. The van der Waals surface area contributed by atoms with Crippen molar-refractivity contribution >= 4 is 21.4 Å². The minimum absolute atomic E-state index is 0.247.